The molecular weight excluding hydrogens is 347 g/mol. The van der Waals surface area contributed by atoms with Gasteiger partial charge in [-0.05, 0) is 26.8 Å². The zero-order chi connectivity index (χ0) is 20.0. The van der Waals surface area contributed by atoms with Crippen LogP contribution in [0, 0.1) is 5.82 Å². The van der Waals surface area contributed by atoms with Crippen LogP contribution in [0.4, 0.5) is 4.39 Å². The predicted octanol–water partition coefficient (Wildman–Crippen LogP) is -1.52. The predicted molar refractivity (Wildman–Crippen MR) is 102 cm³/mol. The lowest BCUT2D eigenvalue weighted by molar-refractivity contribution is -0.918. The second-order valence-electron chi connectivity index (χ2n) is 8.51. The molecule has 1 aliphatic rings. The molecule has 1 aliphatic heterocycles. The number of amides is 2. The summed E-state index contributed by atoms with van der Waals surface area (Å²) in [7, 11) is 1.86. The molecule has 7 heteroatoms. The lowest BCUT2D eigenvalue weighted by Crippen LogP contribution is -3.14. The number of hydrogen-bond acceptors (Lipinski definition) is 2. The molecule has 2 rings (SSSR count). The van der Waals surface area contributed by atoms with Gasteiger partial charge in [-0.25, -0.2) is 4.39 Å². The Morgan fingerprint density at radius 3 is 2.41 bits per heavy atom. The molecule has 27 heavy (non-hydrogen) atoms. The maximum absolute atomic E-state index is 13.8. The van der Waals surface area contributed by atoms with Crippen LogP contribution >= 0.6 is 0 Å². The monoisotopic (exact) mass is 380 g/mol. The Hall–Kier alpha value is -1.99. The van der Waals surface area contributed by atoms with Gasteiger partial charge < -0.3 is 20.0 Å². The van der Waals surface area contributed by atoms with E-state index in [2.05, 4.69) is 5.32 Å². The van der Waals surface area contributed by atoms with Crippen molar-refractivity contribution in [3.63, 3.8) is 0 Å². The average Bonchev–Trinajstić information content (AvgIpc) is 2.55. The summed E-state index contributed by atoms with van der Waals surface area (Å²) < 4.78 is 13.8. The van der Waals surface area contributed by atoms with Gasteiger partial charge in [-0.1, -0.05) is 18.2 Å². The van der Waals surface area contributed by atoms with Crippen LogP contribution in [0.15, 0.2) is 24.3 Å². The van der Waals surface area contributed by atoms with Gasteiger partial charge in [-0.3, -0.25) is 9.59 Å². The van der Waals surface area contributed by atoms with E-state index in [0.29, 0.717) is 26.2 Å². The van der Waals surface area contributed by atoms with Crippen LogP contribution in [-0.4, -0.2) is 68.6 Å². The number of quaternary nitrogens is 2. The lowest BCUT2D eigenvalue weighted by Gasteiger charge is -2.32. The number of likely N-dealkylation sites (N-methyl/N-ethyl adjacent to an activating group) is 1. The molecule has 0 saturated carbocycles. The smallest absolute Gasteiger partial charge is 0.278 e. The topological polar surface area (TPSA) is 58.3 Å². The zero-order valence-corrected chi connectivity index (χ0v) is 16.9. The molecule has 150 valence electrons. The van der Waals surface area contributed by atoms with Gasteiger partial charge in [0.1, 0.15) is 12.4 Å². The molecule has 1 aromatic rings. The molecule has 1 atom stereocenters. The number of carbonyl (C=O) groups is 2. The van der Waals surface area contributed by atoms with Gasteiger partial charge in [0.15, 0.2) is 13.1 Å². The summed E-state index contributed by atoms with van der Waals surface area (Å²) in [5.74, 6) is -0.143. The zero-order valence-electron chi connectivity index (χ0n) is 16.9. The highest BCUT2D eigenvalue weighted by atomic mass is 19.1. The Bertz CT molecular complexity index is 652. The Morgan fingerprint density at radius 1 is 1.19 bits per heavy atom. The first-order valence-corrected chi connectivity index (χ1v) is 9.61. The summed E-state index contributed by atoms with van der Waals surface area (Å²) in [6.45, 7) is 10.0. The van der Waals surface area contributed by atoms with Gasteiger partial charge in [0.2, 0.25) is 0 Å². The van der Waals surface area contributed by atoms with Crippen LogP contribution in [0.2, 0.25) is 0 Å². The van der Waals surface area contributed by atoms with Crippen molar-refractivity contribution < 1.29 is 23.8 Å². The first-order valence-electron chi connectivity index (χ1n) is 9.61. The van der Waals surface area contributed by atoms with E-state index in [-0.39, 0.29) is 29.7 Å². The summed E-state index contributed by atoms with van der Waals surface area (Å²) in [6, 6.07) is 6.86. The van der Waals surface area contributed by atoms with E-state index in [0.717, 1.165) is 23.6 Å². The van der Waals surface area contributed by atoms with Crippen molar-refractivity contribution in [1.29, 1.82) is 0 Å². The summed E-state index contributed by atoms with van der Waals surface area (Å²) in [5.41, 5.74) is 0.458. The van der Waals surface area contributed by atoms with Crippen LogP contribution < -0.4 is 15.1 Å². The minimum Gasteiger partial charge on any atom is -0.347 e. The van der Waals surface area contributed by atoms with Crippen molar-refractivity contribution in [2.45, 2.75) is 32.9 Å². The maximum atomic E-state index is 13.8. The van der Waals surface area contributed by atoms with Crippen molar-refractivity contribution >= 4 is 11.8 Å². The number of rotatable bonds is 6. The SMILES string of the molecule is C[NH+](CC(=O)NC(C)(C)C)CC(=O)N1CC[NH+](Cc2ccccc2F)CC1. The minimum absolute atomic E-state index is 0.0491. The standard InChI is InChI=1S/C20H31FN4O2/c1-20(2,3)22-18(26)14-23(4)15-19(27)25-11-9-24(10-12-25)13-16-7-5-6-8-17(16)21/h5-8H,9-15H2,1-4H3,(H,22,26)/p+2. The van der Waals surface area contributed by atoms with Crippen LogP contribution in [0.25, 0.3) is 0 Å². The Kier molecular flexibility index (Phi) is 7.33. The molecule has 1 fully saturated rings. The fourth-order valence-corrected chi connectivity index (χ4v) is 3.33. The molecule has 3 N–H and O–H groups in total. The van der Waals surface area contributed by atoms with Gasteiger partial charge >= 0.3 is 0 Å². The average molecular weight is 381 g/mol. The number of benzene rings is 1. The first-order chi connectivity index (χ1) is 12.6. The highest BCUT2D eigenvalue weighted by Crippen LogP contribution is 2.04. The summed E-state index contributed by atoms with van der Waals surface area (Å²) in [5, 5.41) is 2.92. The second kappa shape index (κ2) is 9.28. The molecule has 0 spiro atoms. The van der Waals surface area contributed by atoms with Crippen LogP contribution in [-0.2, 0) is 16.1 Å². The van der Waals surface area contributed by atoms with Crippen molar-refractivity contribution in [3.8, 4) is 0 Å². The van der Waals surface area contributed by atoms with Gasteiger partial charge in [-0.15, -0.1) is 0 Å². The highest BCUT2D eigenvalue weighted by molar-refractivity contribution is 5.79. The second-order valence-corrected chi connectivity index (χ2v) is 8.51. The molecule has 1 aromatic carbocycles. The number of carbonyl (C=O) groups excluding carboxylic acids is 2. The van der Waals surface area contributed by atoms with Gasteiger partial charge in [0.25, 0.3) is 11.8 Å². The molecule has 6 nitrogen and oxygen atoms in total. The van der Waals surface area contributed by atoms with E-state index in [1.807, 2.05) is 44.9 Å². The normalized spacial score (nSPS) is 16.9. The van der Waals surface area contributed by atoms with E-state index in [1.54, 1.807) is 6.07 Å². The third-order valence-corrected chi connectivity index (χ3v) is 4.65. The van der Waals surface area contributed by atoms with Crippen LogP contribution in [0.3, 0.4) is 0 Å². The highest BCUT2D eigenvalue weighted by Gasteiger charge is 2.27. The quantitative estimate of drug-likeness (QED) is 0.562. The number of nitrogens with one attached hydrogen (secondary N) is 3. The van der Waals surface area contributed by atoms with Crippen molar-refractivity contribution in [2.75, 3.05) is 46.3 Å². The molecule has 0 radical (unpaired) electrons. The summed E-state index contributed by atoms with van der Waals surface area (Å²) in [6.07, 6.45) is 0. The Balaban J connectivity index is 1.74. The first kappa shape index (κ1) is 21.3. The Morgan fingerprint density at radius 2 is 1.81 bits per heavy atom. The van der Waals surface area contributed by atoms with E-state index in [9.17, 15) is 14.0 Å². The van der Waals surface area contributed by atoms with Crippen molar-refractivity contribution in [3.05, 3.63) is 35.6 Å². The van der Waals surface area contributed by atoms with Crippen LogP contribution in [0.1, 0.15) is 26.3 Å². The number of piperazine rings is 1. The van der Waals surface area contributed by atoms with Gasteiger partial charge in [0, 0.05) is 11.1 Å². The molecule has 1 unspecified atom stereocenters. The van der Waals surface area contributed by atoms with Gasteiger partial charge in [0.05, 0.1) is 33.2 Å². The molecule has 0 aliphatic carbocycles. The van der Waals surface area contributed by atoms with Crippen molar-refractivity contribution in [1.82, 2.24) is 10.2 Å². The Labute approximate surface area is 161 Å². The fraction of sp³-hybridized carbons (Fsp3) is 0.600. The summed E-state index contributed by atoms with van der Waals surface area (Å²) >= 11 is 0. The largest absolute Gasteiger partial charge is 0.347 e. The van der Waals surface area contributed by atoms with E-state index >= 15 is 0 Å². The maximum Gasteiger partial charge on any atom is 0.278 e. The third kappa shape index (κ3) is 7.27. The van der Waals surface area contributed by atoms with E-state index < -0.39 is 0 Å². The van der Waals surface area contributed by atoms with Gasteiger partial charge in [-0.2, -0.15) is 0 Å². The van der Waals surface area contributed by atoms with Crippen molar-refractivity contribution in [2.24, 2.45) is 0 Å². The van der Waals surface area contributed by atoms with E-state index in [1.165, 1.54) is 11.0 Å². The molecule has 0 aromatic heterocycles. The molecule has 1 saturated heterocycles. The molecular formula is C20H33FN4O2+2. The molecule has 1 heterocycles. The number of hydrogen-bond donors (Lipinski definition) is 3. The molecule has 0 bridgehead atoms. The summed E-state index contributed by atoms with van der Waals surface area (Å²) in [4.78, 5) is 28.5. The number of nitrogens with zero attached hydrogens (tertiary/aromatic N) is 1. The van der Waals surface area contributed by atoms with E-state index in [4.69, 9.17) is 0 Å². The fourth-order valence-electron chi connectivity index (χ4n) is 3.33. The number of halogens is 1. The minimum atomic E-state index is -0.265. The van der Waals surface area contributed by atoms with Crippen LogP contribution in [0.5, 0.6) is 0 Å². The third-order valence-electron chi connectivity index (χ3n) is 4.65. The lowest BCUT2D eigenvalue weighted by atomic mass is 10.1. The molecule has 2 amide bonds.